The molecule has 0 aliphatic heterocycles. The summed E-state index contributed by atoms with van der Waals surface area (Å²) in [7, 11) is 0. The summed E-state index contributed by atoms with van der Waals surface area (Å²) < 4.78 is 0. The van der Waals surface area contributed by atoms with Crippen molar-refractivity contribution < 1.29 is 5.11 Å². The molecule has 4 nitrogen and oxygen atoms in total. The van der Waals surface area contributed by atoms with Crippen molar-refractivity contribution in [3.05, 3.63) is 41.3 Å². The molecule has 0 saturated heterocycles. The highest BCUT2D eigenvalue weighted by molar-refractivity contribution is 5.50. The lowest BCUT2D eigenvalue weighted by atomic mass is 10.1. The van der Waals surface area contributed by atoms with Crippen molar-refractivity contribution in [2.45, 2.75) is 26.9 Å². The molecule has 2 aromatic rings. The first-order chi connectivity index (χ1) is 8.08. The molecule has 0 aliphatic carbocycles. The molecule has 4 heteroatoms. The van der Waals surface area contributed by atoms with Gasteiger partial charge in [-0.25, -0.2) is 9.97 Å². The highest BCUT2D eigenvalue weighted by atomic mass is 16.3. The van der Waals surface area contributed by atoms with Crippen LogP contribution in [0.15, 0.2) is 24.5 Å². The van der Waals surface area contributed by atoms with E-state index in [1.165, 1.54) is 0 Å². The van der Waals surface area contributed by atoms with Gasteiger partial charge in [0.25, 0.3) is 0 Å². The van der Waals surface area contributed by atoms with Gasteiger partial charge in [-0.3, -0.25) is 4.98 Å². The summed E-state index contributed by atoms with van der Waals surface area (Å²) >= 11 is 0. The molecule has 88 valence electrons. The summed E-state index contributed by atoms with van der Waals surface area (Å²) in [6.07, 6.45) is 2.85. The molecule has 0 radical (unpaired) electrons. The third-order valence-electron chi connectivity index (χ3n) is 2.61. The van der Waals surface area contributed by atoms with Gasteiger partial charge in [-0.1, -0.05) is 0 Å². The van der Waals surface area contributed by atoms with Crippen LogP contribution in [0.2, 0.25) is 0 Å². The van der Waals surface area contributed by atoms with Crippen LogP contribution in [0.1, 0.15) is 29.8 Å². The molecule has 0 aliphatic rings. The Morgan fingerprint density at radius 3 is 2.59 bits per heavy atom. The summed E-state index contributed by atoms with van der Waals surface area (Å²) in [6.45, 7) is 5.57. The van der Waals surface area contributed by atoms with Gasteiger partial charge >= 0.3 is 0 Å². The van der Waals surface area contributed by atoms with Gasteiger partial charge in [0.2, 0.25) is 0 Å². The fraction of sp³-hybridized carbons (Fsp3) is 0.308. The molecule has 2 heterocycles. The Bertz CT molecular complexity index is 538. The van der Waals surface area contributed by atoms with Crippen molar-refractivity contribution in [2.24, 2.45) is 0 Å². The van der Waals surface area contributed by atoms with Crippen molar-refractivity contribution >= 4 is 0 Å². The van der Waals surface area contributed by atoms with Crippen LogP contribution in [-0.2, 0) is 0 Å². The maximum Gasteiger partial charge on any atom is 0.178 e. The minimum absolute atomic E-state index is 0.547. The fourth-order valence-corrected chi connectivity index (χ4v) is 1.67. The molecule has 0 unspecified atom stereocenters. The zero-order valence-corrected chi connectivity index (χ0v) is 10.2. The molecule has 17 heavy (non-hydrogen) atoms. The first-order valence-corrected chi connectivity index (χ1v) is 5.52. The number of aromatic nitrogens is 3. The van der Waals surface area contributed by atoms with Crippen molar-refractivity contribution in [1.29, 1.82) is 0 Å². The number of rotatable bonds is 2. The number of nitrogens with zero attached hydrogens (tertiary/aromatic N) is 3. The summed E-state index contributed by atoms with van der Waals surface area (Å²) in [5.74, 6) is 0.593. The van der Waals surface area contributed by atoms with E-state index >= 15 is 0 Å². The monoisotopic (exact) mass is 229 g/mol. The third-order valence-corrected chi connectivity index (χ3v) is 2.61. The van der Waals surface area contributed by atoms with Crippen LogP contribution in [0.4, 0.5) is 0 Å². The highest BCUT2D eigenvalue weighted by Gasteiger charge is 2.09. The molecule has 0 spiro atoms. The van der Waals surface area contributed by atoms with Crippen LogP contribution in [0, 0.1) is 13.8 Å². The molecule has 0 saturated carbocycles. The SMILES string of the molecule is Cc1ccnc(-c2ncc([C@@H](C)O)c(C)n2)c1. The van der Waals surface area contributed by atoms with E-state index in [1.54, 1.807) is 19.3 Å². The second kappa shape index (κ2) is 4.59. The molecular weight excluding hydrogens is 214 g/mol. The second-order valence-corrected chi connectivity index (χ2v) is 4.13. The number of aryl methyl sites for hydroxylation is 2. The number of hydrogen-bond acceptors (Lipinski definition) is 4. The van der Waals surface area contributed by atoms with Crippen molar-refractivity contribution in [1.82, 2.24) is 15.0 Å². The van der Waals surface area contributed by atoms with E-state index < -0.39 is 6.10 Å². The number of pyridine rings is 1. The Morgan fingerprint density at radius 2 is 2.00 bits per heavy atom. The van der Waals surface area contributed by atoms with E-state index in [4.69, 9.17) is 0 Å². The normalized spacial score (nSPS) is 12.5. The number of aliphatic hydroxyl groups is 1. The van der Waals surface area contributed by atoms with Crippen molar-refractivity contribution in [3.8, 4) is 11.5 Å². The van der Waals surface area contributed by atoms with Crippen LogP contribution in [0.5, 0.6) is 0 Å². The number of hydrogen-bond donors (Lipinski definition) is 1. The molecule has 1 N–H and O–H groups in total. The Labute approximate surface area is 100 Å². The Morgan fingerprint density at radius 1 is 1.24 bits per heavy atom. The number of aliphatic hydroxyl groups excluding tert-OH is 1. The van der Waals surface area contributed by atoms with Gasteiger partial charge in [0.05, 0.1) is 6.10 Å². The van der Waals surface area contributed by atoms with Crippen LogP contribution in [-0.4, -0.2) is 20.1 Å². The predicted molar refractivity (Wildman–Crippen MR) is 65.4 cm³/mol. The van der Waals surface area contributed by atoms with Crippen LogP contribution < -0.4 is 0 Å². The topological polar surface area (TPSA) is 58.9 Å². The average molecular weight is 229 g/mol. The van der Waals surface area contributed by atoms with Gasteiger partial charge in [0, 0.05) is 23.7 Å². The van der Waals surface area contributed by atoms with Gasteiger partial charge in [0.15, 0.2) is 5.82 Å². The fourth-order valence-electron chi connectivity index (χ4n) is 1.67. The molecule has 2 rings (SSSR count). The maximum absolute atomic E-state index is 9.51. The summed E-state index contributed by atoms with van der Waals surface area (Å²) in [5, 5.41) is 9.51. The van der Waals surface area contributed by atoms with Crippen molar-refractivity contribution in [2.75, 3.05) is 0 Å². The molecular formula is C13H15N3O. The van der Waals surface area contributed by atoms with Gasteiger partial charge in [-0.05, 0) is 38.5 Å². The minimum Gasteiger partial charge on any atom is -0.389 e. The van der Waals surface area contributed by atoms with E-state index in [9.17, 15) is 5.11 Å². The van der Waals surface area contributed by atoms with Crippen molar-refractivity contribution in [3.63, 3.8) is 0 Å². The second-order valence-electron chi connectivity index (χ2n) is 4.13. The highest BCUT2D eigenvalue weighted by Crippen LogP contribution is 2.18. The Balaban J connectivity index is 2.44. The van der Waals surface area contributed by atoms with E-state index in [0.717, 1.165) is 22.5 Å². The molecule has 0 fully saturated rings. The average Bonchev–Trinajstić information content (AvgIpc) is 2.28. The van der Waals surface area contributed by atoms with Gasteiger partial charge in [0.1, 0.15) is 5.69 Å². The molecule has 0 amide bonds. The Kier molecular flexibility index (Phi) is 3.15. The summed E-state index contributed by atoms with van der Waals surface area (Å²) in [5.41, 5.74) is 3.41. The van der Waals surface area contributed by atoms with E-state index in [1.807, 2.05) is 26.0 Å². The standard InChI is InChI=1S/C13H15N3O/c1-8-4-5-14-12(6-8)13-15-7-11(10(3)17)9(2)16-13/h4-7,10,17H,1-3H3/t10-/m1/s1. The maximum atomic E-state index is 9.51. The predicted octanol–water partition coefficient (Wildman–Crippen LogP) is 2.21. The third kappa shape index (κ3) is 2.47. The molecule has 2 aromatic heterocycles. The molecule has 1 atom stereocenters. The first kappa shape index (κ1) is 11.7. The molecule has 0 bridgehead atoms. The summed E-state index contributed by atoms with van der Waals surface area (Å²) in [4.78, 5) is 12.8. The van der Waals surface area contributed by atoms with Gasteiger partial charge in [-0.15, -0.1) is 0 Å². The van der Waals surface area contributed by atoms with E-state index in [2.05, 4.69) is 15.0 Å². The van der Waals surface area contributed by atoms with Crippen LogP contribution in [0.25, 0.3) is 11.5 Å². The minimum atomic E-state index is -0.547. The van der Waals surface area contributed by atoms with E-state index in [0.29, 0.717) is 5.82 Å². The Hall–Kier alpha value is -1.81. The molecule has 0 aromatic carbocycles. The lowest BCUT2D eigenvalue weighted by Crippen LogP contribution is -2.02. The van der Waals surface area contributed by atoms with Crippen LogP contribution >= 0.6 is 0 Å². The zero-order valence-electron chi connectivity index (χ0n) is 10.2. The van der Waals surface area contributed by atoms with E-state index in [-0.39, 0.29) is 0 Å². The first-order valence-electron chi connectivity index (χ1n) is 5.52. The lowest BCUT2D eigenvalue weighted by Gasteiger charge is -2.08. The quantitative estimate of drug-likeness (QED) is 0.857. The smallest absolute Gasteiger partial charge is 0.178 e. The van der Waals surface area contributed by atoms with Gasteiger partial charge < -0.3 is 5.11 Å². The zero-order chi connectivity index (χ0) is 12.4. The lowest BCUT2D eigenvalue weighted by molar-refractivity contribution is 0.197. The largest absolute Gasteiger partial charge is 0.389 e. The van der Waals surface area contributed by atoms with Crippen LogP contribution in [0.3, 0.4) is 0 Å². The van der Waals surface area contributed by atoms with Gasteiger partial charge in [-0.2, -0.15) is 0 Å². The summed E-state index contributed by atoms with van der Waals surface area (Å²) in [6, 6.07) is 3.87.